The van der Waals surface area contributed by atoms with E-state index >= 15 is 0 Å². The topological polar surface area (TPSA) is 96.5 Å². The molecular formula is C26H35N3O6S. The molecule has 0 unspecified atom stereocenters. The van der Waals surface area contributed by atoms with Crippen LogP contribution in [0.5, 0.6) is 5.75 Å². The molecule has 0 radical (unpaired) electrons. The van der Waals surface area contributed by atoms with Gasteiger partial charge in [-0.05, 0) is 56.2 Å². The number of anilines is 2. The van der Waals surface area contributed by atoms with E-state index in [4.69, 9.17) is 9.47 Å². The summed E-state index contributed by atoms with van der Waals surface area (Å²) in [5.41, 5.74) is 2.44. The molecule has 0 saturated carbocycles. The summed E-state index contributed by atoms with van der Waals surface area (Å²) in [5, 5.41) is 0. The van der Waals surface area contributed by atoms with Gasteiger partial charge in [0.25, 0.3) is 0 Å². The van der Waals surface area contributed by atoms with Crippen molar-refractivity contribution in [3.05, 3.63) is 36.4 Å². The van der Waals surface area contributed by atoms with Gasteiger partial charge >= 0.3 is 6.09 Å². The van der Waals surface area contributed by atoms with Gasteiger partial charge in [0.1, 0.15) is 10.6 Å². The summed E-state index contributed by atoms with van der Waals surface area (Å²) in [4.78, 5) is 28.6. The summed E-state index contributed by atoms with van der Waals surface area (Å²) in [6, 6.07) is 10.1. The highest BCUT2D eigenvalue weighted by Crippen LogP contribution is 2.40. The molecule has 2 aromatic carbocycles. The second kappa shape index (κ2) is 10.9. The Hall–Kier alpha value is -3.11. The number of rotatable bonds is 7. The Kier molecular flexibility index (Phi) is 8.30. The Morgan fingerprint density at radius 1 is 1.06 bits per heavy atom. The van der Waals surface area contributed by atoms with Crippen LogP contribution in [0.4, 0.5) is 16.2 Å². The molecule has 2 amide bonds. The Balaban J connectivity index is 2.18. The predicted molar refractivity (Wildman–Crippen MR) is 140 cm³/mol. The number of benzene rings is 2. The van der Waals surface area contributed by atoms with Gasteiger partial charge in [0.2, 0.25) is 15.9 Å². The average Bonchev–Trinajstić information content (AvgIpc) is 2.82. The van der Waals surface area contributed by atoms with Crippen LogP contribution >= 0.6 is 0 Å². The van der Waals surface area contributed by atoms with Crippen LogP contribution in [-0.2, 0) is 19.6 Å². The molecular weight excluding hydrogens is 482 g/mol. The van der Waals surface area contributed by atoms with Gasteiger partial charge in [-0.15, -0.1) is 0 Å². The van der Waals surface area contributed by atoms with Gasteiger partial charge in [-0.3, -0.25) is 9.69 Å². The molecule has 1 aliphatic rings. The Bertz CT molecular complexity index is 1240. The third-order valence-electron chi connectivity index (χ3n) is 6.13. The molecule has 0 spiro atoms. The number of amides is 2. The van der Waals surface area contributed by atoms with Crippen LogP contribution < -0.4 is 14.5 Å². The predicted octanol–water partition coefficient (Wildman–Crippen LogP) is 4.50. The number of ether oxygens (including phenoxy) is 2. The molecule has 9 nitrogen and oxygen atoms in total. The van der Waals surface area contributed by atoms with Crippen molar-refractivity contribution in [3.8, 4) is 16.9 Å². The van der Waals surface area contributed by atoms with Gasteiger partial charge in [-0.25, -0.2) is 13.2 Å². The molecule has 1 heterocycles. The number of methoxy groups -OCH3 is 1. The molecule has 2 aromatic rings. The molecule has 1 atom stereocenters. The standard InChI is InChI=1S/C26H35N3O6S/c1-8-27(9-2)36(32,33)25-15-21(11-13-24(25)34-7)20-10-12-22-23(14-20)28(26(31)35-17(3)4)16-18(5)29(22)19(6)30/h10-15,17-18H,8-9,16H2,1-7H3/t18-/m0/s1. The first-order valence-corrected chi connectivity index (χ1v) is 13.5. The van der Waals surface area contributed by atoms with Gasteiger partial charge in [0, 0.05) is 26.6 Å². The highest BCUT2D eigenvalue weighted by atomic mass is 32.2. The molecule has 0 aromatic heterocycles. The van der Waals surface area contributed by atoms with E-state index in [0.717, 1.165) is 0 Å². The number of sulfonamides is 1. The monoisotopic (exact) mass is 517 g/mol. The third-order valence-corrected chi connectivity index (χ3v) is 8.20. The van der Waals surface area contributed by atoms with Crippen molar-refractivity contribution in [2.75, 3.05) is 36.5 Å². The fourth-order valence-electron chi connectivity index (χ4n) is 4.48. The maximum atomic E-state index is 13.3. The van der Waals surface area contributed by atoms with Crippen molar-refractivity contribution >= 4 is 33.4 Å². The zero-order chi connectivity index (χ0) is 26.8. The molecule has 10 heteroatoms. The fourth-order valence-corrected chi connectivity index (χ4v) is 6.12. The highest BCUT2D eigenvalue weighted by molar-refractivity contribution is 7.89. The number of carbonyl (C=O) groups is 2. The van der Waals surface area contributed by atoms with Crippen LogP contribution in [0.2, 0.25) is 0 Å². The zero-order valence-electron chi connectivity index (χ0n) is 21.9. The van der Waals surface area contributed by atoms with E-state index in [1.807, 2.05) is 13.0 Å². The Morgan fingerprint density at radius 2 is 1.67 bits per heavy atom. The lowest BCUT2D eigenvalue weighted by molar-refractivity contribution is -0.117. The summed E-state index contributed by atoms with van der Waals surface area (Å²) in [6.07, 6.45) is -0.808. The largest absolute Gasteiger partial charge is 0.495 e. The van der Waals surface area contributed by atoms with E-state index in [0.29, 0.717) is 35.6 Å². The summed E-state index contributed by atoms with van der Waals surface area (Å²) in [7, 11) is -2.35. The Morgan fingerprint density at radius 3 is 2.22 bits per heavy atom. The number of nitrogens with zero attached hydrogens (tertiary/aromatic N) is 3. The molecule has 196 valence electrons. The van der Waals surface area contributed by atoms with Crippen molar-refractivity contribution in [2.24, 2.45) is 0 Å². The van der Waals surface area contributed by atoms with Gasteiger partial charge < -0.3 is 14.4 Å². The minimum Gasteiger partial charge on any atom is -0.495 e. The first-order chi connectivity index (χ1) is 17.0. The maximum absolute atomic E-state index is 13.3. The number of carbonyl (C=O) groups excluding carboxylic acids is 2. The van der Waals surface area contributed by atoms with E-state index in [1.54, 1.807) is 62.9 Å². The Labute approximate surface area is 213 Å². The second-order valence-corrected chi connectivity index (χ2v) is 10.8. The molecule has 0 N–H and O–H groups in total. The molecule has 3 rings (SSSR count). The summed E-state index contributed by atoms with van der Waals surface area (Å²) in [6.45, 7) is 11.4. The quantitative estimate of drug-likeness (QED) is 0.537. The summed E-state index contributed by atoms with van der Waals surface area (Å²) < 4.78 is 38.8. The first kappa shape index (κ1) is 27.5. The molecule has 36 heavy (non-hydrogen) atoms. The SMILES string of the molecule is CCN(CC)S(=O)(=O)c1cc(-c2ccc3c(c2)N(C(=O)OC(C)C)C[C@H](C)N3C(C)=O)ccc1OC. The fraction of sp³-hybridized carbons (Fsp3) is 0.462. The van der Waals surface area contributed by atoms with E-state index < -0.39 is 16.1 Å². The van der Waals surface area contributed by atoms with Gasteiger partial charge in [0.05, 0.1) is 30.6 Å². The maximum Gasteiger partial charge on any atom is 0.414 e. The van der Waals surface area contributed by atoms with E-state index in [-0.39, 0.29) is 35.2 Å². The first-order valence-electron chi connectivity index (χ1n) is 12.1. The lowest BCUT2D eigenvalue weighted by Gasteiger charge is -2.40. The van der Waals surface area contributed by atoms with Crippen LogP contribution in [0.3, 0.4) is 0 Å². The number of hydrogen-bond donors (Lipinski definition) is 0. The molecule has 0 fully saturated rings. The zero-order valence-corrected chi connectivity index (χ0v) is 22.8. The van der Waals surface area contributed by atoms with E-state index in [9.17, 15) is 18.0 Å². The van der Waals surface area contributed by atoms with Gasteiger partial charge in [0.15, 0.2) is 0 Å². The molecule has 1 aliphatic heterocycles. The van der Waals surface area contributed by atoms with Crippen molar-refractivity contribution in [1.82, 2.24) is 4.31 Å². The van der Waals surface area contributed by atoms with Gasteiger partial charge in [-0.1, -0.05) is 26.0 Å². The minimum absolute atomic E-state index is 0.0685. The van der Waals surface area contributed by atoms with Gasteiger partial charge in [-0.2, -0.15) is 4.31 Å². The van der Waals surface area contributed by atoms with Crippen molar-refractivity contribution in [1.29, 1.82) is 0 Å². The van der Waals surface area contributed by atoms with Crippen LogP contribution in [0.15, 0.2) is 41.3 Å². The second-order valence-electron chi connectivity index (χ2n) is 8.94. The number of fused-ring (bicyclic) bond motifs is 1. The van der Waals surface area contributed by atoms with Crippen LogP contribution in [0.1, 0.15) is 41.5 Å². The number of hydrogen-bond acceptors (Lipinski definition) is 6. The van der Waals surface area contributed by atoms with E-state index in [1.165, 1.54) is 23.2 Å². The van der Waals surface area contributed by atoms with Crippen molar-refractivity contribution in [3.63, 3.8) is 0 Å². The van der Waals surface area contributed by atoms with Crippen molar-refractivity contribution < 1.29 is 27.5 Å². The van der Waals surface area contributed by atoms with Crippen molar-refractivity contribution in [2.45, 2.75) is 58.6 Å². The lowest BCUT2D eigenvalue weighted by atomic mass is 10.0. The average molecular weight is 518 g/mol. The third kappa shape index (κ3) is 5.19. The normalized spacial score (nSPS) is 15.8. The summed E-state index contributed by atoms with van der Waals surface area (Å²) in [5.74, 6) is 0.118. The van der Waals surface area contributed by atoms with Crippen LogP contribution in [0, 0.1) is 0 Å². The lowest BCUT2D eigenvalue weighted by Crippen LogP contribution is -2.51. The highest BCUT2D eigenvalue weighted by Gasteiger charge is 2.35. The molecule has 0 saturated heterocycles. The molecule has 0 aliphatic carbocycles. The van der Waals surface area contributed by atoms with Crippen LogP contribution in [-0.4, -0.2) is 63.6 Å². The minimum atomic E-state index is -3.79. The molecule has 0 bridgehead atoms. The summed E-state index contributed by atoms with van der Waals surface area (Å²) >= 11 is 0. The van der Waals surface area contributed by atoms with Crippen LogP contribution in [0.25, 0.3) is 11.1 Å². The van der Waals surface area contributed by atoms with E-state index in [2.05, 4.69) is 0 Å². The smallest absolute Gasteiger partial charge is 0.414 e.